The molecular weight excluding hydrogens is 374 g/mol. The van der Waals surface area contributed by atoms with E-state index in [-0.39, 0.29) is 12.5 Å². The lowest BCUT2D eigenvalue weighted by atomic mass is 10.2. The Hall–Kier alpha value is -3.29. The molecule has 8 nitrogen and oxygen atoms in total. The van der Waals surface area contributed by atoms with E-state index in [4.69, 9.17) is 14.2 Å². The number of nitrogens with zero attached hydrogens (tertiary/aromatic N) is 3. The van der Waals surface area contributed by atoms with Crippen molar-refractivity contribution in [2.24, 2.45) is 0 Å². The average Bonchev–Trinajstić information content (AvgIpc) is 2.78. The van der Waals surface area contributed by atoms with Crippen molar-refractivity contribution in [3.8, 4) is 11.5 Å². The maximum atomic E-state index is 12.4. The summed E-state index contributed by atoms with van der Waals surface area (Å²) in [5.74, 6) is 1.10. The molecule has 3 rings (SSSR count). The van der Waals surface area contributed by atoms with Crippen molar-refractivity contribution in [1.82, 2.24) is 9.88 Å². The number of hydrogen-bond acceptors (Lipinski definition) is 7. The van der Waals surface area contributed by atoms with Crippen LogP contribution in [0.5, 0.6) is 11.5 Å². The van der Waals surface area contributed by atoms with E-state index in [9.17, 15) is 9.59 Å². The van der Waals surface area contributed by atoms with Gasteiger partial charge in [-0.15, -0.1) is 0 Å². The number of amides is 1. The molecule has 0 N–H and O–H groups in total. The number of esters is 1. The molecule has 0 unspecified atom stereocenters. The van der Waals surface area contributed by atoms with Gasteiger partial charge < -0.3 is 24.0 Å². The monoisotopic (exact) mass is 399 g/mol. The van der Waals surface area contributed by atoms with E-state index >= 15 is 0 Å². The standard InChI is InChI=1S/C21H25N3O5/c1-3-28-17-8-7-16(14-18(17)27-2)21(26)29-15-20(25)24-12-10-23(11-13-24)19-6-4-5-9-22-19/h4-9,14H,3,10-13,15H2,1-2H3. The summed E-state index contributed by atoms with van der Waals surface area (Å²) in [6.07, 6.45) is 1.75. The van der Waals surface area contributed by atoms with Crippen LogP contribution in [0.2, 0.25) is 0 Å². The number of anilines is 1. The van der Waals surface area contributed by atoms with Gasteiger partial charge in [-0.1, -0.05) is 6.07 Å². The Morgan fingerprint density at radius 3 is 2.52 bits per heavy atom. The molecule has 0 spiro atoms. The van der Waals surface area contributed by atoms with Crippen LogP contribution < -0.4 is 14.4 Å². The molecule has 1 saturated heterocycles. The van der Waals surface area contributed by atoms with E-state index in [0.29, 0.717) is 49.8 Å². The number of hydrogen-bond donors (Lipinski definition) is 0. The minimum absolute atomic E-state index is 0.211. The van der Waals surface area contributed by atoms with Crippen LogP contribution in [0.1, 0.15) is 17.3 Å². The van der Waals surface area contributed by atoms with Crippen molar-refractivity contribution in [3.05, 3.63) is 48.2 Å². The molecule has 1 aromatic heterocycles. The predicted octanol–water partition coefficient (Wildman–Crippen LogP) is 1.99. The van der Waals surface area contributed by atoms with Crippen molar-refractivity contribution in [2.45, 2.75) is 6.92 Å². The zero-order chi connectivity index (χ0) is 20.6. The predicted molar refractivity (Wildman–Crippen MR) is 107 cm³/mol. The second-order valence-electron chi connectivity index (χ2n) is 6.43. The second kappa shape index (κ2) is 9.77. The number of piperazine rings is 1. The third-order valence-corrected chi connectivity index (χ3v) is 4.63. The van der Waals surface area contributed by atoms with Crippen LogP contribution in [0, 0.1) is 0 Å². The van der Waals surface area contributed by atoms with Crippen LogP contribution in [-0.4, -0.2) is 68.3 Å². The highest BCUT2D eigenvalue weighted by Crippen LogP contribution is 2.28. The largest absolute Gasteiger partial charge is 0.493 e. The first-order valence-corrected chi connectivity index (χ1v) is 9.54. The number of rotatable bonds is 7. The summed E-state index contributed by atoms with van der Waals surface area (Å²) in [6, 6.07) is 10.5. The Balaban J connectivity index is 1.50. The molecule has 154 valence electrons. The first-order valence-electron chi connectivity index (χ1n) is 9.54. The number of ether oxygens (including phenoxy) is 3. The summed E-state index contributed by atoms with van der Waals surface area (Å²) in [5, 5.41) is 0. The van der Waals surface area contributed by atoms with E-state index in [1.165, 1.54) is 7.11 Å². The van der Waals surface area contributed by atoms with Crippen LogP contribution in [0.3, 0.4) is 0 Å². The Morgan fingerprint density at radius 1 is 1.07 bits per heavy atom. The fourth-order valence-electron chi connectivity index (χ4n) is 3.10. The van der Waals surface area contributed by atoms with Gasteiger partial charge in [0.25, 0.3) is 5.91 Å². The van der Waals surface area contributed by atoms with Crippen molar-refractivity contribution >= 4 is 17.7 Å². The lowest BCUT2D eigenvalue weighted by molar-refractivity contribution is -0.134. The van der Waals surface area contributed by atoms with Gasteiger partial charge in [-0.05, 0) is 37.3 Å². The third-order valence-electron chi connectivity index (χ3n) is 4.63. The highest BCUT2D eigenvalue weighted by atomic mass is 16.5. The van der Waals surface area contributed by atoms with Crippen LogP contribution in [0.4, 0.5) is 5.82 Å². The van der Waals surface area contributed by atoms with Crippen LogP contribution in [-0.2, 0) is 9.53 Å². The highest BCUT2D eigenvalue weighted by molar-refractivity contribution is 5.92. The maximum absolute atomic E-state index is 12.4. The summed E-state index contributed by atoms with van der Waals surface area (Å²) in [4.78, 5) is 32.9. The molecule has 1 aliphatic rings. The number of aromatic nitrogens is 1. The minimum Gasteiger partial charge on any atom is -0.493 e. The van der Waals surface area contributed by atoms with E-state index in [1.807, 2.05) is 25.1 Å². The van der Waals surface area contributed by atoms with E-state index in [1.54, 1.807) is 29.3 Å². The Labute approximate surface area is 170 Å². The molecule has 0 radical (unpaired) electrons. The van der Waals surface area contributed by atoms with Gasteiger partial charge in [0.15, 0.2) is 18.1 Å². The zero-order valence-corrected chi connectivity index (χ0v) is 16.7. The van der Waals surface area contributed by atoms with Gasteiger partial charge >= 0.3 is 5.97 Å². The van der Waals surface area contributed by atoms with E-state index < -0.39 is 5.97 Å². The molecule has 0 bridgehead atoms. The Bertz CT molecular complexity index is 835. The van der Waals surface area contributed by atoms with Crippen molar-refractivity contribution in [3.63, 3.8) is 0 Å². The van der Waals surface area contributed by atoms with Crippen molar-refractivity contribution < 1.29 is 23.8 Å². The number of pyridine rings is 1. The summed E-state index contributed by atoms with van der Waals surface area (Å²) >= 11 is 0. The maximum Gasteiger partial charge on any atom is 0.338 e. The number of methoxy groups -OCH3 is 1. The average molecular weight is 399 g/mol. The Kier molecular flexibility index (Phi) is 6.89. The van der Waals surface area contributed by atoms with Gasteiger partial charge in [-0.2, -0.15) is 0 Å². The summed E-state index contributed by atoms with van der Waals surface area (Å²) in [6.45, 7) is 4.55. The fourth-order valence-corrected chi connectivity index (χ4v) is 3.10. The minimum atomic E-state index is -0.577. The van der Waals surface area contributed by atoms with Gasteiger partial charge in [0.2, 0.25) is 0 Å². The van der Waals surface area contributed by atoms with Gasteiger partial charge in [0, 0.05) is 32.4 Å². The van der Waals surface area contributed by atoms with Gasteiger partial charge in [-0.25, -0.2) is 9.78 Å². The third kappa shape index (κ3) is 5.16. The topological polar surface area (TPSA) is 81.2 Å². The molecule has 2 aromatic rings. The van der Waals surface area contributed by atoms with Crippen LogP contribution in [0.15, 0.2) is 42.6 Å². The normalized spacial score (nSPS) is 13.7. The Morgan fingerprint density at radius 2 is 1.86 bits per heavy atom. The van der Waals surface area contributed by atoms with Crippen molar-refractivity contribution in [1.29, 1.82) is 0 Å². The summed E-state index contributed by atoms with van der Waals surface area (Å²) in [7, 11) is 1.50. The molecule has 1 aliphatic heterocycles. The summed E-state index contributed by atoms with van der Waals surface area (Å²) < 4.78 is 15.9. The zero-order valence-electron chi connectivity index (χ0n) is 16.7. The molecule has 8 heteroatoms. The molecular formula is C21H25N3O5. The first kappa shape index (κ1) is 20.4. The number of carbonyl (C=O) groups is 2. The van der Waals surface area contributed by atoms with Crippen molar-refractivity contribution in [2.75, 3.05) is 51.4 Å². The van der Waals surface area contributed by atoms with Gasteiger partial charge in [0.1, 0.15) is 5.82 Å². The molecule has 0 saturated carbocycles. The molecule has 29 heavy (non-hydrogen) atoms. The first-order chi connectivity index (χ1) is 14.1. The lowest BCUT2D eigenvalue weighted by Gasteiger charge is -2.35. The van der Waals surface area contributed by atoms with Gasteiger partial charge in [-0.3, -0.25) is 4.79 Å². The molecule has 0 aliphatic carbocycles. The molecule has 1 aromatic carbocycles. The second-order valence-corrected chi connectivity index (χ2v) is 6.43. The lowest BCUT2D eigenvalue weighted by Crippen LogP contribution is -2.50. The van der Waals surface area contributed by atoms with Crippen LogP contribution >= 0.6 is 0 Å². The molecule has 2 heterocycles. The fraction of sp³-hybridized carbons (Fsp3) is 0.381. The smallest absolute Gasteiger partial charge is 0.338 e. The van der Waals surface area contributed by atoms with E-state index in [2.05, 4.69) is 9.88 Å². The number of carbonyl (C=O) groups excluding carboxylic acids is 2. The summed E-state index contributed by atoms with van der Waals surface area (Å²) in [5.41, 5.74) is 0.304. The quantitative estimate of drug-likeness (QED) is 0.659. The van der Waals surface area contributed by atoms with Gasteiger partial charge in [0.05, 0.1) is 19.3 Å². The molecule has 0 atom stereocenters. The molecule has 1 amide bonds. The van der Waals surface area contributed by atoms with Crippen LogP contribution in [0.25, 0.3) is 0 Å². The number of benzene rings is 1. The highest BCUT2D eigenvalue weighted by Gasteiger charge is 2.23. The van der Waals surface area contributed by atoms with E-state index in [0.717, 1.165) is 5.82 Å². The SMILES string of the molecule is CCOc1ccc(C(=O)OCC(=O)N2CCN(c3ccccn3)CC2)cc1OC. The molecule has 1 fully saturated rings.